The van der Waals surface area contributed by atoms with Crippen LogP contribution >= 0.6 is 11.6 Å². The van der Waals surface area contributed by atoms with Gasteiger partial charge in [0.15, 0.2) is 9.84 Å². The highest BCUT2D eigenvalue weighted by molar-refractivity contribution is 7.90. The third-order valence-corrected chi connectivity index (χ3v) is 3.66. The second-order valence-corrected chi connectivity index (χ2v) is 7.51. The number of sulfone groups is 1. The lowest BCUT2D eigenvalue weighted by atomic mass is 10.1. The summed E-state index contributed by atoms with van der Waals surface area (Å²) in [6.07, 6.45) is 1.06. The van der Waals surface area contributed by atoms with Crippen LogP contribution in [-0.2, 0) is 9.84 Å². The van der Waals surface area contributed by atoms with E-state index in [1.54, 1.807) is 0 Å². The lowest BCUT2D eigenvalue weighted by molar-refractivity contribution is 0.0919. The summed E-state index contributed by atoms with van der Waals surface area (Å²) in [5, 5.41) is 2.87. The van der Waals surface area contributed by atoms with Crippen LogP contribution in [0.2, 0.25) is 5.02 Å². The van der Waals surface area contributed by atoms with E-state index in [4.69, 9.17) is 11.6 Å². The largest absolute Gasteiger partial charge is 0.347 e. The van der Waals surface area contributed by atoms with E-state index < -0.39 is 9.84 Å². The summed E-state index contributed by atoms with van der Waals surface area (Å²) in [5.41, 5.74) is -0.114. The van der Waals surface area contributed by atoms with Crippen LogP contribution in [-0.4, -0.2) is 26.1 Å². The number of hydrogen-bond donors (Lipinski definition) is 1. The third-order valence-electron chi connectivity index (χ3n) is 2.08. The summed E-state index contributed by atoms with van der Waals surface area (Å²) in [5.74, 6) is -0.330. The quantitative estimate of drug-likeness (QED) is 0.908. The van der Waals surface area contributed by atoms with Crippen LogP contribution < -0.4 is 5.32 Å². The van der Waals surface area contributed by atoms with E-state index in [-0.39, 0.29) is 26.9 Å². The molecule has 0 bridgehead atoms. The number of halogens is 1. The molecule has 1 rings (SSSR count). The summed E-state index contributed by atoms with van der Waals surface area (Å²) in [7, 11) is -3.45. The molecule has 4 nitrogen and oxygen atoms in total. The zero-order valence-electron chi connectivity index (χ0n) is 10.7. The molecule has 18 heavy (non-hydrogen) atoms. The average molecular weight is 290 g/mol. The normalized spacial score (nSPS) is 12.3. The zero-order valence-corrected chi connectivity index (χ0v) is 12.3. The Bertz CT molecular complexity index is 573. The molecule has 0 atom stereocenters. The van der Waals surface area contributed by atoms with Crippen LogP contribution in [0.1, 0.15) is 31.1 Å². The average Bonchev–Trinajstić information content (AvgIpc) is 2.13. The van der Waals surface area contributed by atoms with Crippen molar-refractivity contribution in [3.8, 4) is 0 Å². The molecule has 0 radical (unpaired) electrons. The summed E-state index contributed by atoms with van der Waals surface area (Å²) in [6.45, 7) is 5.54. The van der Waals surface area contributed by atoms with E-state index in [2.05, 4.69) is 5.32 Å². The first kappa shape index (κ1) is 15.0. The Morgan fingerprint density at radius 1 is 1.28 bits per heavy atom. The predicted molar refractivity (Wildman–Crippen MR) is 71.8 cm³/mol. The molecule has 0 aliphatic rings. The van der Waals surface area contributed by atoms with Gasteiger partial charge in [-0.15, -0.1) is 0 Å². The second-order valence-electron chi connectivity index (χ2n) is 5.12. The molecule has 1 amide bonds. The van der Waals surface area contributed by atoms with Crippen molar-refractivity contribution >= 4 is 27.3 Å². The molecule has 0 aromatic heterocycles. The number of benzene rings is 1. The van der Waals surface area contributed by atoms with E-state index in [1.165, 1.54) is 18.2 Å². The van der Waals surface area contributed by atoms with Gasteiger partial charge < -0.3 is 5.32 Å². The van der Waals surface area contributed by atoms with Gasteiger partial charge >= 0.3 is 0 Å². The Kier molecular flexibility index (Phi) is 4.08. The SMILES string of the molecule is CC(C)(C)NC(=O)c1ccc(Cl)c(S(C)(=O)=O)c1. The molecular weight excluding hydrogens is 274 g/mol. The van der Waals surface area contributed by atoms with Gasteiger partial charge in [-0.2, -0.15) is 0 Å². The van der Waals surface area contributed by atoms with Crippen molar-refractivity contribution in [1.82, 2.24) is 5.32 Å². The minimum absolute atomic E-state index is 0.0364. The molecular formula is C12H16ClNO3S. The number of amides is 1. The lowest BCUT2D eigenvalue weighted by Gasteiger charge is -2.20. The van der Waals surface area contributed by atoms with E-state index in [0.29, 0.717) is 0 Å². The van der Waals surface area contributed by atoms with Crippen molar-refractivity contribution in [2.75, 3.05) is 6.26 Å². The van der Waals surface area contributed by atoms with E-state index in [0.717, 1.165) is 6.26 Å². The van der Waals surface area contributed by atoms with Crippen LogP contribution in [0.15, 0.2) is 23.1 Å². The van der Waals surface area contributed by atoms with Crippen LogP contribution in [0.5, 0.6) is 0 Å². The molecule has 0 unspecified atom stereocenters. The summed E-state index contributed by atoms with van der Waals surface area (Å²) in [4.78, 5) is 11.9. The molecule has 0 spiro atoms. The Hall–Kier alpha value is -1.07. The molecule has 0 saturated carbocycles. The van der Waals surface area contributed by atoms with Gasteiger partial charge in [-0.05, 0) is 39.0 Å². The first-order valence-corrected chi connectivity index (χ1v) is 7.60. The standard InChI is InChI=1S/C12H16ClNO3S/c1-12(2,3)14-11(15)8-5-6-9(13)10(7-8)18(4,16)17/h5-7H,1-4H3,(H,14,15). The molecule has 6 heteroatoms. The zero-order chi connectivity index (χ0) is 14.1. The van der Waals surface area contributed by atoms with Crippen molar-refractivity contribution < 1.29 is 13.2 Å². The fraction of sp³-hybridized carbons (Fsp3) is 0.417. The van der Waals surface area contributed by atoms with Crippen LogP contribution in [0.25, 0.3) is 0 Å². The van der Waals surface area contributed by atoms with E-state index in [1.807, 2.05) is 20.8 Å². The summed E-state index contributed by atoms with van der Waals surface area (Å²) in [6, 6.07) is 4.20. The fourth-order valence-electron chi connectivity index (χ4n) is 1.34. The molecule has 0 aliphatic heterocycles. The number of carbonyl (C=O) groups excluding carboxylic acids is 1. The Labute approximate surface area is 112 Å². The van der Waals surface area contributed by atoms with Gasteiger partial charge in [0.2, 0.25) is 0 Å². The topological polar surface area (TPSA) is 63.2 Å². The smallest absolute Gasteiger partial charge is 0.251 e. The molecule has 1 N–H and O–H groups in total. The first-order chi connectivity index (χ1) is 8.00. The third kappa shape index (κ3) is 3.99. The van der Waals surface area contributed by atoms with E-state index >= 15 is 0 Å². The number of carbonyl (C=O) groups is 1. The monoisotopic (exact) mass is 289 g/mol. The molecule has 1 aromatic rings. The Morgan fingerprint density at radius 3 is 2.28 bits per heavy atom. The summed E-state index contributed by atoms with van der Waals surface area (Å²) < 4.78 is 23.0. The first-order valence-electron chi connectivity index (χ1n) is 5.33. The van der Waals surface area contributed by atoms with Crippen molar-refractivity contribution in [2.24, 2.45) is 0 Å². The maximum atomic E-state index is 11.9. The molecule has 0 heterocycles. The Morgan fingerprint density at radius 2 is 1.83 bits per heavy atom. The van der Waals surface area contributed by atoms with Gasteiger partial charge in [0, 0.05) is 17.4 Å². The molecule has 1 aromatic carbocycles. The van der Waals surface area contributed by atoms with Crippen LogP contribution in [0, 0.1) is 0 Å². The van der Waals surface area contributed by atoms with Crippen molar-refractivity contribution in [2.45, 2.75) is 31.2 Å². The van der Waals surface area contributed by atoms with Gasteiger partial charge in [0.25, 0.3) is 5.91 Å². The van der Waals surface area contributed by atoms with Crippen LogP contribution in [0.4, 0.5) is 0 Å². The molecule has 0 fully saturated rings. The van der Waals surface area contributed by atoms with Crippen molar-refractivity contribution in [3.05, 3.63) is 28.8 Å². The summed E-state index contributed by atoms with van der Waals surface area (Å²) >= 11 is 5.81. The van der Waals surface area contributed by atoms with Gasteiger partial charge in [0.05, 0.1) is 9.92 Å². The number of rotatable bonds is 2. The second kappa shape index (κ2) is 4.90. The molecule has 100 valence electrons. The van der Waals surface area contributed by atoms with Crippen molar-refractivity contribution in [1.29, 1.82) is 0 Å². The number of nitrogens with one attached hydrogen (secondary N) is 1. The highest BCUT2D eigenvalue weighted by atomic mass is 35.5. The van der Waals surface area contributed by atoms with Gasteiger partial charge in [-0.3, -0.25) is 4.79 Å². The van der Waals surface area contributed by atoms with Gasteiger partial charge in [0.1, 0.15) is 0 Å². The molecule has 0 saturated heterocycles. The highest BCUT2D eigenvalue weighted by Crippen LogP contribution is 2.22. The van der Waals surface area contributed by atoms with Crippen LogP contribution in [0.3, 0.4) is 0 Å². The maximum Gasteiger partial charge on any atom is 0.251 e. The maximum absolute atomic E-state index is 11.9. The van der Waals surface area contributed by atoms with Gasteiger partial charge in [-0.25, -0.2) is 8.42 Å². The predicted octanol–water partition coefficient (Wildman–Crippen LogP) is 2.27. The highest BCUT2D eigenvalue weighted by Gasteiger charge is 2.19. The lowest BCUT2D eigenvalue weighted by Crippen LogP contribution is -2.40. The minimum Gasteiger partial charge on any atom is -0.347 e. The van der Waals surface area contributed by atoms with Gasteiger partial charge in [-0.1, -0.05) is 11.6 Å². The Balaban J connectivity index is 3.18. The number of hydrogen-bond acceptors (Lipinski definition) is 3. The van der Waals surface area contributed by atoms with Crippen molar-refractivity contribution in [3.63, 3.8) is 0 Å². The van der Waals surface area contributed by atoms with E-state index in [9.17, 15) is 13.2 Å². The molecule has 0 aliphatic carbocycles. The minimum atomic E-state index is -3.45. The fourth-order valence-corrected chi connectivity index (χ4v) is 2.64.